The van der Waals surface area contributed by atoms with Crippen LogP contribution in [-0.4, -0.2) is 27.3 Å². The highest BCUT2D eigenvalue weighted by molar-refractivity contribution is 5.98. The summed E-state index contributed by atoms with van der Waals surface area (Å²) >= 11 is 0. The third-order valence-electron chi connectivity index (χ3n) is 4.65. The molecule has 0 amide bonds. The Labute approximate surface area is 152 Å². The van der Waals surface area contributed by atoms with Gasteiger partial charge in [-0.2, -0.15) is 0 Å². The first-order valence-electron chi connectivity index (χ1n) is 8.78. The lowest BCUT2D eigenvalue weighted by Crippen LogP contribution is -2.32. The Morgan fingerprint density at radius 1 is 1.15 bits per heavy atom. The number of aryl methyl sites for hydroxylation is 1. The summed E-state index contributed by atoms with van der Waals surface area (Å²) in [4.78, 5) is 28.1. The van der Waals surface area contributed by atoms with Gasteiger partial charge in [0.2, 0.25) is 0 Å². The number of anilines is 1. The van der Waals surface area contributed by atoms with Gasteiger partial charge >= 0.3 is 0 Å². The van der Waals surface area contributed by atoms with Gasteiger partial charge in [-0.1, -0.05) is 30.3 Å². The highest BCUT2D eigenvalue weighted by atomic mass is 16.1. The minimum absolute atomic E-state index is 0.108. The smallest absolute Gasteiger partial charge is 0.167 e. The Hall–Kier alpha value is -3.08. The number of hydrogen-bond donors (Lipinski definition) is 0. The quantitative estimate of drug-likeness (QED) is 0.681. The van der Waals surface area contributed by atoms with Crippen molar-refractivity contribution in [3.63, 3.8) is 0 Å². The van der Waals surface area contributed by atoms with Crippen molar-refractivity contribution < 1.29 is 4.79 Å². The maximum atomic E-state index is 12.6. The Balaban J connectivity index is 1.53. The Morgan fingerprint density at radius 3 is 2.85 bits per heavy atom. The number of pyridine rings is 1. The molecule has 26 heavy (non-hydrogen) atoms. The van der Waals surface area contributed by atoms with Gasteiger partial charge in [-0.3, -0.25) is 4.79 Å². The number of aromatic nitrogens is 3. The summed E-state index contributed by atoms with van der Waals surface area (Å²) < 4.78 is 0. The Morgan fingerprint density at radius 2 is 2.00 bits per heavy atom. The zero-order valence-corrected chi connectivity index (χ0v) is 14.7. The topological polar surface area (TPSA) is 59.0 Å². The molecule has 5 nitrogen and oxygen atoms in total. The van der Waals surface area contributed by atoms with Crippen molar-refractivity contribution in [3.05, 3.63) is 83.1 Å². The summed E-state index contributed by atoms with van der Waals surface area (Å²) in [5, 5.41) is 0. The summed E-state index contributed by atoms with van der Waals surface area (Å²) in [6.07, 6.45) is 4.88. The van der Waals surface area contributed by atoms with E-state index in [1.54, 1.807) is 12.3 Å². The van der Waals surface area contributed by atoms with Gasteiger partial charge in [-0.15, -0.1) is 0 Å². The van der Waals surface area contributed by atoms with Gasteiger partial charge in [0.25, 0.3) is 0 Å². The van der Waals surface area contributed by atoms with Crippen molar-refractivity contribution >= 4 is 11.6 Å². The third kappa shape index (κ3) is 3.47. The molecule has 2 aromatic heterocycles. The maximum absolute atomic E-state index is 12.6. The predicted octanol–water partition coefficient (Wildman–Crippen LogP) is 3.17. The standard InChI is InChI=1S/C21H20N4O/c1-15-23-13-18-14-25(10-8-19(18)24-15)21-12-17(7-9-22-21)20(26)11-16-5-3-2-4-6-16/h2-7,9,12-13H,8,10-11,14H2,1H3. The predicted molar refractivity (Wildman–Crippen MR) is 100 cm³/mol. The number of rotatable bonds is 4. The molecule has 0 saturated heterocycles. The number of fused-ring (bicyclic) bond motifs is 1. The molecule has 1 aromatic carbocycles. The fraction of sp³-hybridized carbons (Fsp3) is 0.238. The van der Waals surface area contributed by atoms with Crippen molar-refractivity contribution in [2.75, 3.05) is 11.4 Å². The van der Waals surface area contributed by atoms with Gasteiger partial charge in [-0.05, 0) is 24.6 Å². The molecule has 0 bridgehead atoms. The number of ketones is 1. The third-order valence-corrected chi connectivity index (χ3v) is 4.65. The average Bonchev–Trinajstić information content (AvgIpc) is 2.68. The second-order valence-corrected chi connectivity index (χ2v) is 6.55. The lowest BCUT2D eigenvalue weighted by molar-refractivity contribution is 0.0993. The normalized spacial score (nSPS) is 13.3. The van der Waals surface area contributed by atoms with Crippen molar-refractivity contribution in [2.45, 2.75) is 26.3 Å². The van der Waals surface area contributed by atoms with Gasteiger partial charge in [0, 0.05) is 49.5 Å². The van der Waals surface area contributed by atoms with Crippen molar-refractivity contribution in [1.29, 1.82) is 0 Å². The second-order valence-electron chi connectivity index (χ2n) is 6.55. The maximum Gasteiger partial charge on any atom is 0.167 e. The van der Waals surface area contributed by atoms with Crippen LogP contribution in [0.2, 0.25) is 0 Å². The van der Waals surface area contributed by atoms with Crippen LogP contribution in [-0.2, 0) is 19.4 Å². The molecule has 0 fully saturated rings. The summed E-state index contributed by atoms with van der Waals surface area (Å²) in [6, 6.07) is 13.5. The average molecular weight is 344 g/mol. The van der Waals surface area contributed by atoms with E-state index in [-0.39, 0.29) is 5.78 Å². The van der Waals surface area contributed by atoms with E-state index < -0.39 is 0 Å². The first kappa shape index (κ1) is 16.4. The van der Waals surface area contributed by atoms with Crippen LogP contribution in [0.1, 0.15) is 33.0 Å². The molecule has 0 saturated carbocycles. The molecule has 1 aliphatic heterocycles. The number of carbonyl (C=O) groups is 1. The van der Waals surface area contributed by atoms with E-state index >= 15 is 0 Å². The van der Waals surface area contributed by atoms with Crippen molar-refractivity contribution in [2.24, 2.45) is 0 Å². The summed E-state index contributed by atoms with van der Waals surface area (Å²) in [6.45, 7) is 3.47. The molecule has 0 spiro atoms. The molecule has 130 valence electrons. The molecule has 3 aromatic rings. The number of hydrogen-bond acceptors (Lipinski definition) is 5. The molecule has 0 unspecified atom stereocenters. The summed E-state index contributed by atoms with van der Waals surface area (Å²) in [7, 11) is 0. The van der Waals surface area contributed by atoms with Crippen LogP contribution in [0.5, 0.6) is 0 Å². The summed E-state index contributed by atoms with van der Waals surface area (Å²) in [5.74, 6) is 1.75. The SMILES string of the molecule is Cc1ncc2c(n1)CCN(c1cc(C(=O)Cc3ccccc3)ccn1)C2. The van der Waals surface area contributed by atoms with Crippen molar-refractivity contribution in [1.82, 2.24) is 15.0 Å². The first-order chi connectivity index (χ1) is 12.7. The van der Waals surface area contributed by atoms with Gasteiger partial charge in [0.15, 0.2) is 5.78 Å². The van der Waals surface area contributed by atoms with Crippen LogP contribution in [0.25, 0.3) is 0 Å². The zero-order chi connectivity index (χ0) is 17.9. The van der Waals surface area contributed by atoms with Gasteiger partial charge in [0.1, 0.15) is 11.6 Å². The van der Waals surface area contributed by atoms with E-state index in [2.05, 4.69) is 19.9 Å². The first-order valence-corrected chi connectivity index (χ1v) is 8.78. The molecule has 0 N–H and O–H groups in total. The molecule has 5 heteroatoms. The zero-order valence-electron chi connectivity index (χ0n) is 14.7. The Kier molecular flexibility index (Phi) is 4.44. The fourth-order valence-electron chi connectivity index (χ4n) is 3.26. The van der Waals surface area contributed by atoms with E-state index in [0.717, 1.165) is 48.0 Å². The summed E-state index contributed by atoms with van der Waals surface area (Å²) in [5.41, 5.74) is 3.97. The molecular formula is C21H20N4O. The minimum Gasteiger partial charge on any atom is -0.352 e. The highest BCUT2D eigenvalue weighted by Crippen LogP contribution is 2.22. The van der Waals surface area contributed by atoms with Crippen LogP contribution < -0.4 is 4.90 Å². The van der Waals surface area contributed by atoms with Crippen LogP contribution >= 0.6 is 0 Å². The number of Topliss-reactive ketones (excluding diaryl/α,β-unsaturated/α-hetero) is 1. The van der Waals surface area contributed by atoms with Crippen LogP contribution in [0.3, 0.4) is 0 Å². The number of benzene rings is 1. The van der Waals surface area contributed by atoms with E-state index in [0.29, 0.717) is 12.0 Å². The number of nitrogens with zero attached hydrogens (tertiary/aromatic N) is 4. The molecule has 1 aliphatic rings. The van der Waals surface area contributed by atoms with Crippen LogP contribution in [0.15, 0.2) is 54.9 Å². The fourth-order valence-corrected chi connectivity index (χ4v) is 3.26. The van der Waals surface area contributed by atoms with E-state index in [1.165, 1.54) is 0 Å². The lowest BCUT2D eigenvalue weighted by Gasteiger charge is -2.29. The lowest BCUT2D eigenvalue weighted by atomic mass is 10.0. The molecule has 3 heterocycles. The molecule has 0 atom stereocenters. The van der Waals surface area contributed by atoms with E-state index in [1.807, 2.05) is 49.5 Å². The molecule has 0 radical (unpaired) electrons. The highest BCUT2D eigenvalue weighted by Gasteiger charge is 2.20. The molecule has 0 aliphatic carbocycles. The largest absolute Gasteiger partial charge is 0.352 e. The van der Waals surface area contributed by atoms with Crippen molar-refractivity contribution in [3.8, 4) is 0 Å². The van der Waals surface area contributed by atoms with Gasteiger partial charge in [-0.25, -0.2) is 15.0 Å². The van der Waals surface area contributed by atoms with Gasteiger partial charge < -0.3 is 4.90 Å². The van der Waals surface area contributed by atoms with E-state index in [4.69, 9.17) is 0 Å². The Bertz CT molecular complexity index is 940. The minimum atomic E-state index is 0.108. The molecule has 4 rings (SSSR count). The second kappa shape index (κ2) is 7.04. The van der Waals surface area contributed by atoms with Crippen LogP contribution in [0.4, 0.5) is 5.82 Å². The monoisotopic (exact) mass is 344 g/mol. The van der Waals surface area contributed by atoms with Crippen LogP contribution in [0, 0.1) is 6.92 Å². The van der Waals surface area contributed by atoms with Gasteiger partial charge in [0.05, 0.1) is 5.69 Å². The number of carbonyl (C=O) groups excluding carboxylic acids is 1. The van der Waals surface area contributed by atoms with E-state index in [9.17, 15) is 4.79 Å². The molecular weight excluding hydrogens is 324 g/mol.